The largest absolute Gasteiger partial charge is 0.433 e. The van der Waals surface area contributed by atoms with Crippen LogP contribution in [0.5, 0.6) is 0 Å². The number of rotatable bonds is 3. The van der Waals surface area contributed by atoms with Crippen LogP contribution < -0.4 is 4.90 Å². The quantitative estimate of drug-likeness (QED) is 0.508. The van der Waals surface area contributed by atoms with E-state index in [1.807, 2.05) is 20.8 Å². The first-order chi connectivity index (χ1) is 15.7. The number of alkyl halides is 3. The van der Waals surface area contributed by atoms with Crippen molar-refractivity contribution in [1.29, 1.82) is 0 Å². The first-order valence-corrected chi connectivity index (χ1v) is 11.8. The van der Waals surface area contributed by atoms with Crippen molar-refractivity contribution in [1.82, 2.24) is 18.9 Å². The van der Waals surface area contributed by atoms with Gasteiger partial charge in [0.2, 0.25) is 10.0 Å². The number of halogens is 5. The third-order valence-electron chi connectivity index (χ3n) is 5.54. The minimum absolute atomic E-state index is 0.0261. The molecule has 184 valence electrons. The molecule has 0 aliphatic carbocycles. The molecule has 1 aliphatic rings. The number of hydrogen-bond acceptors (Lipinski definition) is 5. The van der Waals surface area contributed by atoms with Gasteiger partial charge in [0.05, 0.1) is 5.69 Å². The lowest BCUT2D eigenvalue weighted by molar-refractivity contribution is -0.141. The van der Waals surface area contributed by atoms with Gasteiger partial charge >= 0.3 is 6.18 Å². The van der Waals surface area contributed by atoms with Crippen molar-refractivity contribution in [3.05, 3.63) is 53.4 Å². The van der Waals surface area contributed by atoms with Crippen LogP contribution in [0.4, 0.5) is 27.8 Å². The zero-order valence-electron chi connectivity index (χ0n) is 18.6. The Hall–Kier alpha value is -2.80. The normalized spacial score (nSPS) is 16.4. The van der Waals surface area contributed by atoms with E-state index in [2.05, 4.69) is 10.1 Å². The average molecular weight is 503 g/mol. The molecule has 1 aliphatic heterocycles. The van der Waals surface area contributed by atoms with Gasteiger partial charge in [-0.15, -0.1) is 0 Å². The number of nitrogens with zero attached hydrogens (tertiary/aromatic N) is 5. The Morgan fingerprint density at radius 3 is 2.12 bits per heavy atom. The van der Waals surface area contributed by atoms with Crippen molar-refractivity contribution in [2.75, 3.05) is 31.1 Å². The molecule has 3 heterocycles. The molecular weight excluding hydrogens is 481 g/mol. The molecule has 0 bridgehead atoms. The van der Waals surface area contributed by atoms with E-state index < -0.39 is 43.8 Å². The van der Waals surface area contributed by atoms with Gasteiger partial charge in [0.25, 0.3) is 0 Å². The second-order valence-corrected chi connectivity index (χ2v) is 10.9. The minimum atomic E-state index is -4.69. The Morgan fingerprint density at radius 1 is 0.912 bits per heavy atom. The van der Waals surface area contributed by atoms with Crippen molar-refractivity contribution >= 4 is 21.5 Å². The highest BCUT2D eigenvalue weighted by Crippen LogP contribution is 2.33. The Kier molecular flexibility index (Phi) is 5.83. The molecule has 0 spiro atoms. The zero-order valence-corrected chi connectivity index (χ0v) is 19.4. The summed E-state index contributed by atoms with van der Waals surface area (Å²) in [6.07, 6.45) is -4.69. The summed E-state index contributed by atoms with van der Waals surface area (Å²) < 4.78 is 95.9. The number of anilines is 1. The van der Waals surface area contributed by atoms with Crippen LogP contribution in [0.25, 0.3) is 5.65 Å². The van der Waals surface area contributed by atoms with E-state index in [1.54, 1.807) is 4.90 Å². The highest BCUT2D eigenvalue weighted by atomic mass is 32.2. The maximum absolute atomic E-state index is 14.1. The van der Waals surface area contributed by atoms with Gasteiger partial charge in [-0.2, -0.15) is 27.1 Å². The summed E-state index contributed by atoms with van der Waals surface area (Å²) in [6.45, 7) is 5.45. The molecule has 13 heteroatoms. The fraction of sp³-hybridized carbons (Fsp3) is 0.429. The van der Waals surface area contributed by atoms with Gasteiger partial charge in [-0.05, 0) is 12.1 Å². The number of sulfonamides is 1. The Bertz CT molecular complexity index is 1340. The van der Waals surface area contributed by atoms with E-state index in [0.29, 0.717) is 11.8 Å². The molecule has 0 unspecified atom stereocenters. The molecule has 0 radical (unpaired) electrons. The number of hydrogen-bond donors (Lipinski definition) is 0. The maximum atomic E-state index is 14.1. The Morgan fingerprint density at radius 2 is 1.56 bits per heavy atom. The fourth-order valence-electron chi connectivity index (χ4n) is 3.68. The topological polar surface area (TPSA) is 70.8 Å². The summed E-state index contributed by atoms with van der Waals surface area (Å²) >= 11 is 0. The molecule has 1 fully saturated rings. The number of piperazine rings is 1. The van der Waals surface area contributed by atoms with Crippen LogP contribution in [0.15, 0.2) is 35.2 Å². The standard InChI is InChI=1S/C21H22F5N5O2S/c1-20(2,3)16-11-18-27-17(21(24,25)26)12-19(31(18)28-16)29-6-8-30(9-7-29)34(32,33)15-5-4-13(22)10-14(15)23/h4-5,10-12H,6-9H2,1-3H3. The third kappa shape index (κ3) is 4.45. The van der Waals surface area contributed by atoms with Gasteiger partial charge in [0, 0.05) is 49.8 Å². The SMILES string of the molecule is CC(C)(C)c1cc2nc(C(F)(F)F)cc(N3CCN(S(=O)(=O)c4ccc(F)cc4F)CC3)n2n1. The van der Waals surface area contributed by atoms with Gasteiger partial charge in [-0.1, -0.05) is 20.8 Å². The van der Waals surface area contributed by atoms with Crippen molar-refractivity contribution in [2.45, 2.75) is 37.3 Å². The van der Waals surface area contributed by atoms with E-state index in [9.17, 15) is 30.4 Å². The monoisotopic (exact) mass is 503 g/mol. The first-order valence-electron chi connectivity index (χ1n) is 10.4. The summed E-state index contributed by atoms with van der Waals surface area (Å²) in [4.78, 5) is 4.64. The number of fused-ring (bicyclic) bond motifs is 1. The molecule has 34 heavy (non-hydrogen) atoms. The van der Waals surface area contributed by atoms with Crippen molar-refractivity contribution in [3.8, 4) is 0 Å². The summed E-state index contributed by atoms with van der Waals surface area (Å²) in [5.41, 5.74) is -0.944. The lowest BCUT2D eigenvalue weighted by Crippen LogP contribution is -2.49. The lowest BCUT2D eigenvalue weighted by atomic mass is 9.93. The van der Waals surface area contributed by atoms with Gasteiger partial charge in [0.15, 0.2) is 11.3 Å². The second-order valence-electron chi connectivity index (χ2n) is 9.01. The number of aromatic nitrogens is 3. The van der Waals surface area contributed by atoms with Crippen molar-refractivity contribution in [3.63, 3.8) is 0 Å². The number of benzene rings is 1. The van der Waals surface area contributed by atoms with Gasteiger partial charge in [-0.25, -0.2) is 22.2 Å². The minimum Gasteiger partial charge on any atom is -0.354 e. The van der Waals surface area contributed by atoms with Crippen LogP contribution in [0.2, 0.25) is 0 Å². The summed E-state index contributed by atoms with van der Waals surface area (Å²) in [7, 11) is -4.25. The molecule has 4 rings (SSSR count). The van der Waals surface area contributed by atoms with Crippen LogP contribution in [0.1, 0.15) is 32.2 Å². The molecule has 1 aromatic carbocycles. The summed E-state index contributed by atoms with van der Waals surface area (Å²) in [5, 5.41) is 4.45. The Labute approximate surface area is 192 Å². The average Bonchev–Trinajstić information content (AvgIpc) is 3.17. The predicted molar refractivity (Wildman–Crippen MR) is 114 cm³/mol. The lowest BCUT2D eigenvalue weighted by Gasteiger charge is -2.35. The Balaban J connectivity index is 1.67. The molecule has 0 saturated carbocycles. The van der Waals surface area contributed by atoms with Crippen molar-refractivity contribution < 1.29 is 30.4 Å². The van der Waals surface area contributed by atoms with Crippen LogP contribution >= 0.6 is 0 Å². The van der Waals surface area contributed by atoms with Gasteiger partial charge in [0.1, 0.15) is 22.3 Å². The molecule has 0 N–H and O–H groups in total. The van der Waals surface area contributed by atoms with Crippen LogP contribution in [-0.2, 0) is 21.6 Å². The third-order valence-corrected chi connectivity index (χ3v) is 7.47. The van der Waals surface area contributed by atoms with E-state index in [4.69, 9.17) is 0 Å². The maximum Gasteiger partial charge on any atom is 0.433 e. The van der Waals surface area contributed by atoms with Gasteiger partial charge < -0.3 is 4.90 Å². The molecular formula is C21H22F5N5O2S. The first kappa shape index (κ1) is 24.3. The molecule has 0 amide bonds. The van der Waals surface area contributed by atoms with Crippen LogP contribution in [0.3, 0.4) is 0 Å². The zero-order chi connectivity index (χ0) is 25.1. The highest BCUT2D eigenvalue weighted by Gasteiger charge is 2.36. The van der Waals surface area contributed by atoms with Crippen molar-refractivity contribution in [2.24, 2.45) is 0 Å². The molecule has 0 atom stereocenters. The van der Waals surface area contributed by atoms with E-state index >= 15 is 0 Å². The van der Waals surface area contributed by atoms with Crippen LogP contribution in [-0.4, -0.2) is 53.5 Å². The van der Waals surface area contributed by atoms with E-state index in [0.717, 1.165) is 22.5 Å². The second kappa shape index (κ2) is 8.15. The van der Waals surface area contributed by atoms with E-state index in [-0.39, 0.29) is 37.6 Å². The summed E-state index contributed by atoms with van der Waals surface area (Å²) in [5.74, 6) is -1.99. The molecule has 2 aromatic heterocycles. The predicted octanol–water partition coefficient (Wildman–Crippen LogP) is 3.83. The van der Waals surface area contributed by atoms with E-state index in [1.165, 1.54) is 10.6 Å². The molecule has 3 aromatic rings. The highest BCUT2D eigenvalue weighted by molar-refractivity contribution is 7.89. The molecule has 1 saturated heterocycles. The molecule has 7 nitrogen and oxygen atoms in total. The van der Waals surface area contributed by atoms with Crippen LogP contribution in [0, 0.1) is 11.6 Å². The summed E-state index contributed by atoms with van der Waals surface area (Å²) in [6, 6.07) is 4.57. The van der Waals surface area contributed by atoms with Gasteiger partial charge in [-0.3, -0.25) is 0 Å². The fourth-order valence-corrected chi connectivity index (χ4v) is 5.14. The smallest absolute Gasteiger partial charge is 0.354 e.